The molecule has 1 saturated heterocycles. The zero-order chi connectivity index (χ0) is 26.5. The number of aryl methyl sites for hydroxylation is 3. The third-order valence-electron chi connectivity index (χ3n) is 6.65. The Morgan fingerprint density at radius 3 is 2.16 bits per heavy atom. The molecule has 1 aliphatic rings. The largest absolute Gasteiger partial charge is 0.462 e. The Morgan fingerprint density at radius 1 is 0.811 bits per heavy atom. The van der Waals surface area contributed by atoms with Crippen LogP contribution in [-0.2, 0) is 4.74 Å². The number of hydrogen-bond donors (Lipinski definition) is 2. The first-order valence-corrected chi connectivity index (χ1v) is 12.9. The van der Waals surface area contributed by atoms with Gasteiger partial charge in [-0.3, -0.25) is 0 Å². The molecule has 0 saturated carbocycles. The van der Waals surface area contributed by atoms with Crippen molar-refractivity contribution in [3.8, 4) is 0 Å². The molecule has 4 rings (SSSR count). The van der Waals surface area contributed by atoms with Gasteiger partial charge in [-0.2, -0.15) is 0 Å². The van der Waals surface area contributed by atoms with Crippen LogP contribution < -0.4 is 20.4 Å². The van der Waals surface area contributed by atoms with E-state index in [-0.39, 0.29) is 12.6 Å². The maximum Gasteiger partial charge on any atom is 0.338 e. The van der Waals surface area contributed by atoms with Gasteiger partial charge in [0.2, 0.25) is 0 Å². The van der Waals surface area contributed by atoms with Crippen molar-refractivity contribution in [2.24, 2.45) is 0 Å². The van der Waals surface area contributed by atoms with Gasteiger partial charge in [0.1, 0.15) is 0 Å². The van der Waals surface area contributed by atoms with Crippen molar-refractivity contribution in [1.29, 1.82) is 0 Å². The maximum absolute atomic E-state index is 12.9. The minimum Gasteiger partial charge on any atom is -0.462 e. The molecule has 37 heavy (non-hydrogen) atoms. The van der Waals surface area contributed by atoms with Gasteiger partial charge < -0.3 is 25.2 Å². The zero-order valence-corrected chi connectivity index (χ0v) is 22.5. The van der Waals surface area contributed by atoms with Crippen molar-refractivity contribution in [2.75, 3.05) is 53.2 Å². The molecular formula is C29H33ClN4O3. The molecule has 0 spiro atoms. The monoisotopic (exact) mass is 520 g/mol. The lowest BCUT2D eigenvalue weighted by atomic mass is 10.1. The van der Waals surface area contributed by atoms with Gasteiger partial charge >= 0.3 is 12.0 Å². The lowest BCUT2D eigenvalue weighted by molar-refractivity contribution is 0.0526. The minimum atomic E-state index is -0.423. The van der Waals surface area contributed by atoms with Crippen LogP contribution >= 0.6 is 11.6 Å². The molecule has 8 heteroatoms. The molecule has 2 amide bonds. The fourth-order valence-corrected chi connectivity index (χ4v) is 4.63. The molecule has 0 radical (unpaired) electrons. The van der Waals surface area contributed by atoms with Gasteiger partial charge in [-0.25, -0.2) is 9.59 Å². The Hall–Kier alpha value is -3.71. The molecule has 2 N–H and O–H groups in total. The van der Waals surface area contributed by atoms with Gasteiger partial charge in [-0.15, -0.1) is 0 Å². The molecule has 3 aromatic carbocycles. The first kappa shape index (κ1) is 26.4. The Morgan fingerprint density at radius 2 is 1.49 bits per heavy atom. The summed E-state index contributed by atoms with van der Waals surface area (Å²) in [6.45, 7) is 11.3. The molecule has 0 bridgehead atoms. The van der Waals surface area contributed by atoms with Crippen molar-refractivity contribution in [3.05, 3.63) is 81.9 Å². The van der Waals surface area contributed by atoms with E-state index in [1.165, 1.54) is 5.56 Å². The minimum absolute atomic E-state index is 0.279. The van der Waals surface area contributed by atoms with E-state index in [4.69, 9.17) is 16.3 Å². The van der Waals surface area contributed by atoms with E-state index >= 15 is 0 Å². The van der Waals surface area contributed by atoms with Crippen LogP contribution in [0.15, 0.2) is 54.6 Å². The number of anilines is 4. The molecular weight excluding hydrogens is 488 g/mol. The number of carbonyl (C=O) groups is 2. The number of urea groups is 1. The van der Waals surface area contributed by atoms with Crippen molar-refractivity contribution >= 4 is 46.4 Å². The van der Waals surface area contributed by atoms with Crippen LogP contribution in [0.1, 0.15) is 34.0 Å². The number of rotatable bonds is 6. The third-order valence-corrected chi connectivity index (χ3v) is 6.89. The van der Waals surface area contributed by atoms with E-state index in [2.05, 4.69) is 27.4 Å². The summed E-state index contributed by atoms with van der Waals surface area (Å²) in [5, 5.41) is 6.57. The lowest BCUT2D eigenvalue weighted by Gasteiger charge is -2.38. The molecule has 0 unspecified atom stereocenters. The number of carbonyl (C=O) groups excluding carboxylic acids is 2. The normalized spacial score (nSPS) is 13.3. The average Bonchev–Trinajstić information content (AvgIpc) is 2.88. The fraction of sp³-hybridized carbons (Fsp3) is 0.310. The topological polar surface area (TPSA) is 73.9 Å². The highest BCUT2D eigenvalue weighted by Gasteiger charge is 2.22. The maximum atomic E-state index is 12.9. The van der Waals surface area contributed by atoms with Crippen molar-refractivity contribution in [2.45, 2.75) is 27.7 Å². The smallest absolute Gasteiger partial charge is 0.338 e. The number of nitrogens with zero attached hydrogens (tertiary/aromatic N) is 2. The predicted molar refractivity (Wildman–Crippen MR) is 152 cm³/mol. The van der Waals surface area contributed by atoms with E-state index in [1.54, 1.807) is 19.1 Å². The lowest BCUT2D eigenvalue weighted by Crippen LogP contribution is -2.47. The summed E-state index contributed by atoms with van der Waals surface area (Å²) in [5.74, 6) is -0.423. The summed E-state index contributed by atoms with van der Waals surface area (Å²) in [6, 6.07) is 16.6. The van der Waals surface area contributed by atoms with Crippen LogP contribution in [0.4, 0.5) is 27.5 Å². The molecule has 7 nitrogen and oxygen atoms in total. The van der Waals surface area contributed by atoms with E-state index in [9.17, 15) is 9.59 Å². The quantitative estimate of drug-likeness (QED) is 0.367. The van der Waals surface area contributed by atoms with Crippen LogP contribution in [0.2, 0.25) is 5.02 Å². The second-order valence-electron chi connectivity index (χ2n) is 9.24. The molecule has 0 aliphatic carbocycles. The third kappa shape index (κ3) is 6.35. The molecule has 3 aromatic rings. The zero-order valence-electron chi connectivity index (χ0n) is 21.7. The number of nitrogens with one attached hydrogen (secondary N) is 2. The molecule has 194 valence electrons. The molecule has 1 fully saturated rings. The van der Waals surface area contributed by atoms with Gasteiger partial charge in [0.25, 0.3) is 0 Å². The van der Waals surface area contributed by atoms with Crippen molar-refractivity contribution < 1.29 is 14.3 Å². The number of benzene rings is 3. The van der Waals surface area contributed by atoms with Gasteiger partial charge in [0, 0.05) is 42.6 Å². The van der Waals surface area contributed by atoms with Gasteiger partial charge in [-0.1, -0.05) is 23.7 Å². The van der Waals surface area contributed by atoms with Crippen LogP contribution in [0, 0.1) is 20.8 Å². The van der Waals surface area contributed by atoms with E-state index in [1.807, 2.05) is 56.3 Å². The number of amides is 2. The van der Waals surface area contributed by atoms with Crippen molar-refractivity contribution in [3.63, 3.8) is 0 Å². The molecule has 0 atom stereocenters. The van der Waals surface area contributed by atoms with Crippen molar-refractivity contribution in [1.82, 2.24) is 0 Å². The van der Waals surface area contributed by atoms with Crippen LogP contribution in [0.3, 0.4) is 0 Å². The Kier molecular flexibility index (Phi) is 8.24. The average molecular weight is 521 g/mol. The summed E-state index contributed by atoms with van der Waals surface area (Å²) in [4.78, 5) is 29.9. The van der Waals surface area contributed by atoms with Gasteiger partial charge in [0.05, 0.1) is 23.5 Å². The fourth-order valence-electron chi connectivity index (χ4n) is 4.47. The second-order valence-corrected chi connectivity index (χ2v) is 9.67. The first-order valence-electron chi connectivity index (χ1n) is 12.5. The standard InChI is InChI=1S/C29H33ClN4O3/c1-5-37-28(35)22-8-11-26(25(17-22)32-29(36)31-24-10-7-19(2)21(4)16-24)33-12-14-34(15-13-33)27-18-23(30)9-6-20(27)3/h6-11,16-18H,5,12-15H2,1-4H3,(H2,31,32,36). The van der Waals surface area contributed by atoms with E-state index in [0.717, 1.165) is 53.7 Å². The summed E-state index contributed by atoms with van der Waals surface area (Å²) >= 11 is 6.25. The van der Waals surface area contributed by atoms with E-state index in [0.29, 0.717) is 16.9 Å². The predicted octanol–water partition coefficient (Wildman–Crippen LogP) is 6.41. The number of hydrogen-bond acceptors (Lipinski definition) is 5. The van der Waals surface area contributed by atoms with Crippen LogP contribution in [0.5, 0.6) is 0 Å². The molecule has 1 aliphatic heterocycles. The Balaban J connectivity index is 1.54. The Bertz CT molecular complexity index is 1300. The van der Waals surface area contributed by atoms with Crippen LogP contribution in [-0.4, -0.2) is 44.8 Å². The van der Waals surface area contributed by atoms with Gasteiger partial charge in [0.15, 0.2) is 0 Å². The number of piperazine rings is 1. The first-order chi connectivity index (χ1) is 17.7. The second kappa shape index (κ2) is 11.6. The van der Waals surface area contributed by atoms with Crippen LogP contribution in [0.25, 0.3) is 0 Å². The number of esters is 1. The highest BCUT2D eigenvalue weighted by atomic mass is 35.5. The number of halogens is 1. The highest BCUT2D eigenvalue weighted by Crippen LogP contribution is 2.31. The van der Waals surface area contributed by atoms with E-state index < -0.39 is 5.97 Å². The highest BCUT2D eigenvalue weighted by molar-refractivity contribution is 6.30. The summed E-state index contributed by atoms with van der Waals surface area (Å²) in [7, 11) is 0. The molecule has 1 heterocycles. The Labute approximate surface area is 223 Å². The molecule has 0 aromatic heterocycles. The summed E-state index contributed by atoms with van der Waals surface area (Å²) < 4.78 is 5.18. The summed E-state index contributed by atoms with van der Waals surface area (Å²) in [6.07, 6.45) is 0. The SMILES string of the molecule is CCOC(=O)c1ccc(N2CCN(c3cc(Cl)ccc3C)CC2)c(NC(=O)Nc2ccc(C)c(C)c2)c1. The summed E-state index contributed by atoms with van der Waals surface area (Å²) in [5.41, 5.74) is 7.07. The van der Waals surface area contributed by atoms with Gasteiger partial charge in [-0.05, 0) is 86.8 Å². The number of ether oxygens (including phenoxy) is 1.